The molecule has 0 fully saturated rings. The highest BCUT2D eigenvalue weighted by molar-refractivity contribution is 8.11. The summed E-state index contributed by atoms with van der Waals surface area (Å²) in [6, 6.07) is 0. The molecule has 1 atom stereocenters. The summed E-state index contributed by atoms with van der Waals surface area (Å²) in [6.07, 6.45) is 2.02. The Balaban J connectivity index is 2.82. The molecule has 0 aromatic rings. The van der Waals surface area contributed by atoms with Crippen LogP contribution in [-0.2, 0) is 0 Å². The van der Waals surface area contributed by atoms with Gasteiger partial charge in [0.2, 0.25) is 0 Å². The number of hydrazine groups is 1. The molecule has 0 saturated carbocycles. The van der Waals surface area contributed by atoms with Crippen LogP contribution in [0.15, 0.2) is 11.8 Å². The fourth-order valence-electron chi connectivity index (χ4n) is 0.849. The standard InChI is InChI=1S/C6H10N2S2/c1-4-3-6(2,5(9)10)8-7-4/h3,7-8H,1-2H3,(H,9,10). The van der Waals surface area contributed by atoms with Crippen LogP contribution in [0.5, 0.6) is 0 Å². The first-order valence-electron chi connectivity index (χ1n) is 3.01. The van der Waals surface area contributed by atoms with Crippen molar-refractivity contribution in [2.75, 3.05) is 0 Å². The lowest BCUT2D eigenvalue weighted by atomic mass is 10.1. The molecule has 1 rings (SSSR count). The second-order valence-corrected chi connectivity index (χ2v) is 3.74. The number of hydrogen-bond acceptors (Lipinski definition) is 3. The smallest absolute Gasteiger partial charge is 0.0948 e. The summed E-state index contributed by atoms with van der Waals surface area (Å²) in [6.45, 7) is 3.95. The number of hydrogen-bond donors (Lipinski definition) is 3. The second-order valence-electron chi connectivity index (χ2n) is 2.58. The molecule has 4 heteroatoms. The average molecular weight is 174 g/mol. The van der Waals surface area contributed by atoms with Crippen molar-refractivity contribution in [2.45, 2.75) is 19.4 Å². The zero-order valence-electron chi connectivity index (χ0n) is 5.93. The van der Waals surface area contributed by atoms with Crippen LogP contribution in [0.2, 0.25) is 0 Å². The average Bonchev–Trinajstić information content (AvgIpc) is 2.13. The third kappa shape index (κ3) is 1.33. The molecule has 1 aliphatic rings. The first kappa shape index (κ1) is 8.04. The molecule has 0 aliphatic carbocycles. The van der Waals surface area contributed by atoms with Crippen molar-refractivity contribution in [3.8, 4) is 0 Å². The Morgan fingerprint density at radius 1 is 1.80 bits per heavy atom. The summed E-state index contributed by atoms with van der Waals surface area (Å²) in [5.41, 5.74) is 6.81. The zero-order chi connectivity index (χ0) is 7.78. The van der Waals surface area contributed by atoms with Crippen LogP contribution < -0.4 is 10.9 Å². The molecule has 1 unspecified atom stereocenters. The molecule has 10 heavy (non-hydrogen) atoms. The molecule has 0 spiro atoms. The zero-order valence-corrected chi connectivity index (χ0v) is 7.64. The van der Waals surface area contributed by atoms with Gasteiger partial charge in [0.1, 0.15) is 0 Å². The molecule has 0 bridgehead atoms. The van der Waals surface area contributed by atoms with Gasteiger partial charge in [-0.3, -0.25) is 0 Å². The SMILES string of the molecule is CC1=CC(C)(C(=S)S)NN1. The quantitative estimate of drug-likeness (QED) is 0.408. The van der Waals surface area contributed by atoms with Crippen molar-refractivity contribution in [3.63, 3.8) is 0 Å². The Morgan fingerprint density at radius 2 is 2.40 bits per heavy atom. The highest BCUT2D eigenvalue weighted by Gasteiger charge is 2.28. The normalized spacial score (nSPS) is 31.3. The van der Waals surface area contributed by atoms with Crippen LogP contribution in [0.25, 0.3) is 0 Å². The van der Waals surface area contributed by atoms with Crippen LogP contribution in [0.3, 0.4) is 0 Å². The summed E-state index contributed by atoms with van der Waals surface area (Å²) in [5, 5.41) is 0. The Labute approximate surface area is 71.5 Å². The minimum Gasteiger partial charge on any atom is -0.325 e. The summed E-state index contributed by atoms with van der Waals surface area (Å²) in [5.74, 6) is 0. The van der Waals surface area contributed by atoms with E-state index in [4.69, 9.17) is 12.2 Å². The van der Waals surface area contributed by atoms with Gasteiger partial charge in [-0.15, -0.1) is 12.6 Å². The lowest BCUT2D eigenvalue weighted by Gasteiger charge is -2.19. The van der Waals surface area contributed by atoms with Gasteiger partial charge in [-0.2, -0.15) is 0 Å². The number of allylic oxidation sites excluding steroid dienone is 1. The third-order valence-corrected chi connectivity index (χ3v) is 2.36. The van der Waals surface area contributed by atoms with Crippen LogP contribution in [0.1, 0.15) is 13.8 Å². The van der Waals surface area contributed by atoms with E-state index in [1.807, 2.05) is 19.9 Å². The maximum Gasteiger partial charge on any atom is 0.0948 e. The van der Waals surface area contributed by atoms with Gasteiger partial charge in [-0.1, -0.05) is 12.2 Å². The van der Waals surface area contributed by atoms with Crippen molar-refractivity contribution in [1.29, 1.82) is 0 Å². The fourth-order valence-corrected chi connectivity index (χ4v) is 1.08. The molecule has 56 valence electrons. The highest BCUT2D eigenvalue weighted by atomic mass is 32.1. The summed E-state index contributed by atoms with van der Waals surface area (Å²) < 4.78 is 0.650. The number of rotatable bonds is 1. The van der Waals surface area contributed by atoms with E-state index in [1.54, 1.807) is 0 Å². The van der Waals surface area contributed by atoms with Crippen LogP contribution in [0, 0.1) is 0 Å². The number of nitrogens with one attached hydrogen (secondary N) is 2. The van der Waals surface area contributed by atoms with Crippen LogP contribution in [0.4, 0.5) is 0 Å². The molecule has 0 saturated heterocycles. The van der Waals surface area contributed by atoms with E-state index in [0.717, 1.165) is 5.70 Å². The third-order valence-electron chi connectivity index (χ3n) is 1.47. The van der Waals surface area contributed by atoms with E-state index in [0.29, 0.717) is 4.20 Å². The first-order valence-corrected chi connectivity index (χ1v) is 3.86. The van der Waals surface area contributed by atoms with Gasteiger partial charge in [0.15, 0.2) is 0 Å². The van der Waals surface area contributed by atoms with Crippen molar-refractivity contribution in [3.05, 3.63) is 11.8 Å². The van der Waals surface area contributed by atoms with Gasteiger partial charge < -0.3 is 5.43 Å². The molecular formula is C6H10N2S2. The van der Waals surface area contributed by atoms with Crippen molar-refractivity contribution >= 4 is 29.0 Å². The molecule has 0 radical (unpaired) electrons. The molecular weight excluding hydrogens is 164 g/mol. The largest absolute Gasteiger partial charge is 0.325 e. The Bertz CT molecular complexity index is 200. The molecule has 0 aromatic carbocycles. The molecule has 2 N–H and O–H groups in total. The maximum atomic E-state index is 4.94. The van der Waals surface area contributed by atoms with Gasteiger partial charge in [0.05, 0.1) is 9.74 Å². The lowest BCUT2D eigenvalue weighted by molar-refractivity contribution is 0.549. The topological polar surface area (TPSA) is 24.1 Å². The van der Waals surface area contributed by atoms with Crippen molar-refractivity contribution < 1.29 is 0 Å². The molecule has 0 amide bonds. The van der Waals surface area contributed by atoms with Crippen molar-refractivity contribution in [1.82, 2.24) is 10.9 Å². The lowest BCUT2D eigenvalue weighted by Crippen LogP contribution is -2.45. The summed E-state index contributed by atoms with van der Waals surface area (Å²) >= 11 is 9.04. The summed E-state index contributed by atoms with van der Waals surface area (Å²) in [4.78, 5) is 0. The molecule has 2 nitrogen and oxygen atoms in total. The fraction of sp³-hybridized carbons (Fsp3) is 0.500. The second kappa shape index (κ2) is 2.53. The van der Waals surface area contributed by atoms with E-state index in [-0.39, 0.29) is 5.54 Å². The van der Waals surface area contributed by atoms with Gasteiger partial charge in [-0.25, -0.2) is 5.43 Å². The Morgan fingerprint density at radius 3 is 2.60 bits per heavy atom. The molecule has 1 aliphatic heterocycles. The highest BCUT2D eigenvalue weighted by Crippen LogP contribution is 2.16. The van der Waals surface area contributed by atoms with Crippen LogP contribution >= 0.6 is 24.8 Å². The van der Waals surface area contributed by atoms with E-state index in [2.05, 4.69) is 23.5 Å². The monoisotopic (exact) mass is 174 g/mol. The Kier molecular flexibility index (Phi) is 2.03. The minimum atomic E-state index is -0.261. The van der Waals surface area contributed by atoms with E-state index < -0.39 is 0 Å². The van der Waals surface area contributed by atoms with Gasteiger partial charge in [0, 0.05) is 5.70 Å². The predicted molar refractivity (Wildman–Crippen MR) is 50.0 cm³/mol. The number of thiocarbonyl (C=S) groups is 1. The van der Waals surface area contributed by atoms with Gasteiger partial charge in [-0.05, 0) is 19.9 Å². The van der Waals surface area contributed by atoms with E-state index in [9.17, 15) is 0 Å². The van der Waals surface area contributed by atoms with Crippen molar-refractivity contribution in [2.24, 2.45) is 0 Å². The van der Waals surface area contributed by atoms with Crippen LogP contribution in [-0.4, -0.2) is 9.74 Å². The Hall–Kier alpha value is -0.0600. The molecule has 0 aromatic heterocycles. The van der Waals surface area contributed by atoms with Gasteiger partial charge in [0.25, 0.3) is 0 Å². The van der Waals surface area contributed by atoms with Gasteiger partial charge >= 0.3 is 0 Å². The first-order chi connectivity index (χ1) is 4.54. The van der Waals surface area contributed by atoms with E-state index in [1.165, 1.54) is 0 Å². The minimum absolute atomic E-state index is 0.261. The maximum absolute atomic E-state index is 4.94. The van der Waals surface area contributed by atoms with E-state index >= 15 is 0 Å². The summed E-state index contributed by atoms with van der Waals surface area (Å²) in [7, 11) is 0. The number of thiol groups is 1. The predicted octanol–water partition coefficient (Wildman–Crippen LogP) is 1.01. The molecule has 1 heterocycles.